The van der Waals surface area contributed by atoms with Crippen LogP contribution in [0, 0.1) is 0 Å². The average molecular weight is 523 g/mol. The molecule has 9 rings (SSSR count). The van der Waals surface area contributed by atoms with Crippen LogP contribution in [0.25, 0.3) is 44.7 Å². The molecule has 0 aliphatic heterocycles. The Morgan fingerprint density at radius 1 is 0.659 bits per heavy atom. The Morgan fingerprint density at radius 3 is 2.29 bits per heavy atom. The van der Waals surface area contributed by atoms with Crippen LogP contribution in [0.5, 0.6) is 0 Å². The van der Waals surface area contributed by atoms with E-state index < -0.39 is 0 Å². The van der Waals surface area contributed by atoms with E-state index in [1.54, 1.807) is 0 Å². The van der Waals surface area contributed by atoms with Crippen molar-refractivity contribution in [2.45, 2.75) is 31.6 Å². The number of rotatable bonds is 2. The molecular weight excluding hydrogens is 492 g/mol. The lowest BCUT2D eigenvalue weighted by Gasteiger charge is -2.36. The van der Waals surface area contributed by atoms with Crippen LogP contribution in [0.15, 0.2) is 133 Å². The van der Waals surface area contributed by atoms with Crippen molar-refractivity contribution in [2.75, 3.05) is 0 Å². The lowest BCUT2D eigenvalue weighted by Crippen LogP contribution is -2.19. The molecule has 0 N–H and O–H groups in total. The highest BCUT2D eigenvalue weighted by atomic mass is 14.4. The molecule has 0 saturated carbocycles. The van der Waals surface area contributed by atoms with E-state index in [4.69, 9.17) is 0 Å². The standard InChI is InChI=1S/C41H30/c1-41(2)37-23-29(32-12-6-8-25-7-3-4-11-31(25)32)17-20-34(37)35-21-18-30(24-38(35)41)33-19-15-28-14-13-26-9-5-10-27-16-22-36(33)40(28)39(26)27/h3-15,17-24,40H,16H2,1-2H3. The van der Waals surface area contributed by atoms with Crippen molar-refractivity contribution in [2.24, 2.45) is 0 Å². The Morgan fingerprint density at radius 2 is 1.41 bits per heavy atom. The van der Waals surface area contributed by atoms with Gasteiger partial charge in [0.15, 0.2) is 0 Å². The largest absolute Gasteiger partial charge is 0.0753 e. The first-order chi connectivity index (χ1) is 20.1. The molecule has 0 spiro atoms. The minimum atomic E-state index is -0.0776. The van der Waals surface area contributed by atoms with Crippen molar-refractivity contribution in [3.8, 4) is 22.3 Å². The summed E-state index contributed by atoms with van der Waals surface area (Å²) >= 11 is 0. The number of hydrogen-bond donors (Lipinski definition) is 0. The van der Waals surface area contributed by atoms with E-state index in [2.05, 4.69) is 141 Å². The van der Waals surface area contributed by atoms with Gasteiger partial charge in [-0.25, -0.2) is 0 Å². The molecule has 0 nitrogen and oxygen atoms in total. The van der Waals surface area contributed by atoms with Crippen LogP contribution in [0.3, 0.4) is 0 Å². The van der Waals surface area contributed by atoms with Crippen LogP contribution in [-0.4, -0.2) is 0 Å². The molecule has 5 aromatic carbocycles. The van der Waals surface area contributed by atoms with E-state index in [-0.39, 0.29) is 5.41 Å². The van der Waals surface area contributed by atoms with Crippen molar-refractivity contribution < 1.29 is 0 Å². The van der Waals surface area contributed by atoms with E-state index >= 15 is 0 Å². The molecule has 0 radical (unpaired) electrons. The van der Waals surface area contributed by atoms with Gasteiger partial charge in [0.25, 0.3) is 0 Å². The third-order valence-electron chi connectivity index (χ3n) is 10.0. The zero-order valence-corrected chi connectivity index (χ0v) is 23.4. The molecule has 0 amide bonds. The van der Waals surface area contributed by atoms with Crippen molar-refractivity contribution >= 4 is 22.4 Å². The van der Waals surface area contributed by atoms with Crippen molar-refractivity contribution in [3.05, 3.63) is 166 Å². The summed E-state index contributed by atoms with van der Waals surface area (Å²) in [6.07, 6.45) is 12.8. The summed E-state index contributed by atoms with van der Waals surface area (Å²) in [5.41, 5.74) is 18.1. The monoisotopic (exact) mass is 522 g/mol. The summed E-state index contributed by atoms with van der Waals surface area (Å²) in [5.74, 6) is 0.349. The number of fused-ring (bicyclic) bond motifs is 4. The maximum Gasteiger partial charge on any atom is 0.0351 e. The van der Waals surface area contributed by atoms with Crippen LogP contribution in [-0.2, 0) is 11.8 Å². The molecule has 4 aliphatic carbocycles. The second-order valence-corrected chi connectivity index (χ2v) is 12.5. The molecule has 0 bridgehead atoms. The molecule has 0 heterocycles. The smallest absolute Gasteiger partial charge is 0.0351 e. The Balaban J connectivity index is 1.15. The third-order valence-corrected chi connectivity index (χ3v) is 10.0. The van der Waals surface area contributed by atoms with E-state index in [0.717, 1.165) is 6.42 Å². The van der Waals surface area contributed by atoms with Crippen LogP contribution >= 0.6 is 0 Å². The second-order valence-electron chi connectivity index (χ2n) is 12.5. The second kappa shape index (κ2) is 8.18. The van der Waals surface area contributed by atoms with Gasteiger partial charge in [-0.15, -0.1) is 0 Å². The van der Waals surface area contributed by atoms with Gasteiger partial charge in [0.1, 0.15) is 0 Å². The zero-order valence-electron chi connectivity index (χ0n) is 23.4. The maximum absolute atomic E-state index is 2.48. The van der Waals surface area contributed by atoms with E-state index in [0.29, 0.717) is 5.92 Å². The first-order valence-corrected chi connectivity index (χ1v) is 14.8. The lowest BCUT2D eigenvalue weighted by atomic mass is 9.68. The fraction of sp³-hybridized carbons (Fsp3) is 0.122. The summed E-state index contributed by atoms with van der Waals surface area (Å²) in [4.78, 5) is 0. The van der Waals surface area contributed by atoms with Gasteiger partial charge in [-0.2, -0.15) is 0 Å². The highest BCUT2D eigenvalue weighted by Gasteiger charge is 2.37. The minimum absolute atomic E-state index is 0.0776. The highest BCUT2D eigenvalue weighted by molar-refractivity contribution is 5.98. The van der Waals surface area contributed by atoms with Crippen molar-refractivity contribution in [1.82, 2.24) is 0 Å². The van der Waals surface area contributed by atoms with Crippen molar-refractivity contribution in [1.29, 1.82) is 0 Å². The summed E-state index contributed by atoms with van der Waals surface area (Å²) in [6.45, 7) is 4.80. The van der Waals surface area contributed by atoms with Crippen LogP contribution in [0.1, 0.15) is 53.1 Å². The first-order valence-electron chi connectivity index (χ1n) is 14.8. The summed E-state index contributed by atoms with van der Waals surface area (Å²) in [7, 11) is 0. The van der Waals surface area contributed by atoms with Crippen LogP contribution < -0.4 is 0 Å². The molecule has 194 valence electrons. The Bertz CT molecular complexity index is 2080. The molecular formula is C41H30. The predicted molar refractivity (Wildman–Crippen MR) is 173 cm³/mol. The molecule has 0 heteroatoms. The molecule has 5 aromatic rings. The summed E-state index contributed by atoms with van der Waals surface area (Å²) < 4.78 is 0. The normalized spacial score (nSPS) is 18.7. The fourth-order valence-electron chi connectivity index (χ4n) is 7.94. The molecule has 1 atom stereocenters. The van der Waals surface area contributed by atoms with Crippen molar-refractivity contribution in [3.63, 3.8) is 0 Å². The zero-order chi connectivity index (χ0) is 27.3. The molecule has 0 aromatic heterocycles. The van der Waals surface area contributed by atoms with Gasteiger partial charge in [-0.1, -0.05) is 129 Å². The SMILES string of the molecule is CC1(C)c2cc(C3=CC=C4C=Cc5cccc6c5C4C3=CC6)ccc2-c2ccc(-c3cccc4ccccc34)cc21. The highest BCUT2D eigenvalue weighted by Crippen LogP contribution is 2.53. The van der Waals surface area contributed by atoms with Gasteiger partial charge in [0, 0.05) is 11.3 Å². The average Bonchev–Trinajstić information content (AvgIpc) is 3.24. The summed E-state index contributed by atoms with van der Waals surface area (Å²) in [6, 6.07) is 36.5. The topological polar surface area (TPSA) is 0 Å². The molecule has 4 aliphatic rings. The quantitative estimate of drug-likeness (QED) is 0.216. The molecule has 0 fully saturated rings. The van der Waals surface area contributed by atoms with E-state index in [1.807, 2.05) is 0 Å². The Labute approximate surface area is 241 Å². The van der Waals surface area contributed by atoms with Crippen LogP contribution in [0.4, 0.5) is 0 Å². The Hall–Kier alpha value is -4.68. The van der Waals surface area contributed by atoms with E-state index in [9.17, 15) is 0 Å². The van der Waals surface area contributed by atoms with Crippen LogP contribution in [0.2, 0.25) is 0 Å². The third kappa shape index (κ3) is 3.16. The van der Waals surface area contributed by atoms with Gasteiger partial charge in [0.2, 0.25) is 0 Å². The number of allylic oxidation sites excluding steroid dienone is 7. The van der Waals surface area contributed by atoms with Gasteiger partial charge < -0.3 is 0 Å². The molecule has 41 heavy (non-hydrogen) atoms. The first kappa shape index (κ1) is 23.1. The molecule has 0 saturated heterocycles. The maximum atomic E-state index is 2.48. The fourth-order valence-corrected chi connectivity index (χ4v) is 7.94. The lowest BCUT2D eigenvalue weighted by molar-refractivity contribution is 0.660. The van der Waals surface area contributed by atoms with E-state index in [1.165, 1.54) is 83.1 Å². The van der Waals surface area contributed by atoms with Gasteiger partial charge in [-0.3, -0.25) is 0 Å². The Kier molecular flexibility index (Phi) is 4.60. The minimum Gasteiger partial charge on any atom is -0.0753 e. The van der Waals surface area contributed by atoms with Gasteiger partial charge in [0.05, 0.1) is 0 Å². The summed E-state index contributed by atoms with van der Waals surface area (Å²) in [5, 5.41) is 2.60. The predicted octanol–water partition coefficient (Wildman–Crippen LogP) is 10.4. The number of hydrogen-bond acceptors (Lipinski definition) is 0. The van der Waals surface area contributed by atoms with Gasteiger partial charge >= 0.3 is 0 Å². The molecule has 1 unspecified atom stereocenters. The number of benzene rings is 5. The van der Waals surface area contributed by atoms with Gasteiger partial charge in [-0.05, 0) is 102 Å².